The molecule has 1 atom stereocenters. The molecule has 0 radical (unpaired) electrons. The first-order valence-electron chi connectivity index (χ1n) is 6.21. The molecule has 2 aromatic rings. The zero-order valence-electron chi connectivity index (χ0n) is 10.6. The fourth-order valence-electron chi connectivity index (χ4n) is 2.08. The van der Waals surface area contributed by atoms with Crippen LogP contribution in [0.25, 0.3) is 10.2 Å². The number of nitrogens with zero attached hydrogens (tertiary/aromatic N) is 1. The molecule has 1 fully saturated rings. The monoisotopic (exact) mass is 293 g/mol. The number of aromatic nitrogens is 1. The lowest BCUT2D eigenvalue weighted by atomic mass is 10.2. The fourth-order valence-corrected chi connectivity index (χ4v) is 3.88. The van der Waals surface area contributed by atoms with Gasteiger partial charge in [-0.1, -0.05) is 0 Å². The first-order valence-corrected chi connectivity index (χ1v) is 8.19. The van der Waals surface area contributed by atoms with Gasteiger partial charge >= 0.3 is 0 Å². The van der Waals surface area contributed by atoms with Crippen LogP contribution in [0.4, 0.5) is 5.69 Å². The minimum atomic E-state index is -0.0855. The summed E-state index contributed by atoms with van der Waals surface area (Å²) in [7, 11) is 0. The summed E-state index contributed by atoms with van der Waals surface area (Å²) < 4.78 is 1.11. The number of hydrogen-bond acceptors (Lipinski definition) is 5. The van der Waals surface area contributed by atoms with E-state index in [0.717, 1.165) is 39.0 Å². The summed E-state index contributed by atoms with van der Waals surface area (Å²) in [6.07, 6.45) is 0. The second kappa shape index (κ2) is 5.48. The molecular formula is C13H15N3OS2. The molecule has 1 unspecified atom stereocenters. The van der Waals surface area contributed by atoms with Gasteiger partial charge in [0.1, 0.15) is 0 Å². The molecule has 1 aromatic carbocycles. The molecule has 0 bridgehead atoms. The number of nitrogens with one attached hydrogen (secondary N) is 2. The van der Waals surface area contributed by atoms with Gasteiger partial charge in [-0.15, -0.1) is 11.3 Å². The predicted octanol–water partition coefficient (Wildman–Crippen LogP) is 2.25. The van der Waals surface area contributed by atoms with Crippen LogP contribution in [0, 0.1) is 6.92 Å². The van der Waals surface area contributed by atoms with Crippen molar-refractivity contribution in [1.82, 2.24) is 10.3 Å². The molecule has 4 nitrogen and oxygen atoms in total. The number of amides is 1. The Hall–Kier alpha value is -1.11. The Morgan fingerprint density at radius 1 is 1.53 bits per heavy atom. The van der Waals surface area contributed by atoms with E-state index in [-0.39, 0.29) is 11.9 Å². The van der Waals surface area contributed by atoms with Crippen molar-refractivity contribution in [3.63, 3.8) is 0 Å². The van der Waals surface area contributed by atoms with Gasteiger partial charge in [0.15, 0.2) is 0 Å². The Morgan fingerprint density at radius 2 is 2.42 bits per heavy atom. The van der Waals surface area contributed by atoms with Crippen molar-refractivity contribution in [2.75, 3.05) is 23.4 Å². The summed E-state index contributed by atoms with van der Waals surface area (Å²) >= 11 is 3.46. The molecule has 0 aliphatic carbocycles. The summed E-state index contributed by atoms with van der Waals surface area (Å²) in [6, 6.07) is 5.78. The molecule has 1 aliphatic rings. The van der Waals surface area contributed by atoms with Crippen LogP contribution in [-0.4, -0.2) is 35.0 Å². The highest BCUT2D eigenvalue weighted by Gasteiger charge is 2.20. The first kappa shape index (κ1) is 12.9. The van der Waals surface area contributed by atoms with Gasteiger partial charge in [0, 0.05) is 23.7 Å². The minimum absolute atomic E-state index is 0.0489. The zero-order valence-corrected chi connectivity index (χ0v) is 12.2. The van der Waals surface area contributed by atoms with E-state index in [1.54, 1.807) is 11.3 Å². The van der Waals surface area contributed by atoms with Crippen LogP contribution in [0.1, 0.15) is 5.01 Å². The highest BCUT2D eigenvalue weighted by Crippen LogP contribution is 2.25. The largest absolute Gasteiger partial charge is 0.325 e. The number of rotatable bonds is 2. The molecule has 100 valence electrons. The average molecular weight is 293 g/mol. The number of carbonyl (C=O) groups is 1. The SMILES string of the molecule is Cc1nc2ccc(NC(=O)C3CSCCN3)cc2s1. The predicted molar refractivity (Wildman–Crippen MR) is 82.1 cm³/mol. The first-order chi connectivity index (χ1) is 9.22. The van der Waals surface area contributed by atoms with Crippen molar-refractivity contribution >= 4 is 44.9 Å². The van der Waals surface area contributed by atoms with Crippen LogP contribution in [0.3, 0.4) is 0 Å². The Kier molecular flexibility index (Phi) is 3.72. The molecule has 2 N–H and O–H groups in total. The third kappa shape index (κ3) is 2.91. The lowest BCUT2D eigenvalue weighted by Gasteiger charge is -2.22. The molecule has 19 heavy (non-hydrogen) atoms. The van der Waals surface area contributed by atoms with E-state index in [9.17, 15) is 4.79 Å². The van der Waals surface area contributed by atoms with Crippen LogP contribution in [0.5, 0.6) is 0 Å². The highest BCUT2D eigenvalue weighted by molar-refractivity contribution is 7.99. The van der Waals surface area contributed by atoms with Gasteiger partial charge in [0.2, 0.25) is 5.91 Å². The van der Waals surface area contributed by atoms with E-state index in [1.165, 1.54) is 0 Å². The maximum atomic E-state index is 12.1. The van der Waals surface area contributed by atoms with Gasteiger partial charge in [-0.25, -0.2) is 4.98 Å². The van der Waals surface area contributed by atoms with Crippen molar-refractivity contribution in [1.29, 1.82) is 0 Å². The number of fused-ring (bicyclic) bond motifs is 1. The summed E-state index contributed by atoms with van der Waals surface area (Å²) in [5.41, 5.74) is 1.84. The van der Waals surface area contributed by atoms with E-state index in [1.807, 2.05) is 36.9 Å². The molecule has 2 heterocycles. The second-order valence-corrected chi connectivity index (χ2v) is 6.87. The lowest BCUT2D eigenvalue weighted by Crippen LogP contribution is -2.46. The second-order valence-electron chi connectivity index (χ2n) is 4.49. The summed E-state index contributed by atoms with van der Waals surface area (Å²) in [5.74, 6) is 1.97. The number of thiazole rings is 1. The van der Waals surface area contributed by atoms with Crippen molar-refractivity contribution in [2.45, 2.75) is 13.0 Å². The Labute approximate surface area is 120 Å². The Morgan fingerprint density at radius 3 is 3.21 bits per heavy atom. The molecule has 1 saturated heterocycles. The van der Waals surface area contributed by atoms with Gasteiger partial charge in [0.25, 0.3) is 0 Å². The molecule has 0 spiro atoms. The molecule has 6 heteroatoms. The van der Waals surface area contributed by atoms with Crippen LogP contribution >= 0.6 is 23.1 Å². The lowest BCUT2D eigenvalue weighted by molar-refractivity contribution is -0.117. The maximum Gasteiger partial charge on any atom is 0.242 e. The molecule has 0 saturated carbocycles. The number of thioether (sulfide) groups is 1. The minimum Gasteiger partial charge on any atom is -0.325 e. The van der Waals surface area contributed by atoms with E-state index in [2.05, 4.69) is 15.6 Å². The zero-order chi connectivity index (χ0) is 13.2. The Balaban J connectivity index is 1.74. The van der Waals surface area contributed by atoms with Crippen molar-refractivity contribution in [2.24, 2.45) is 0 Å². The third-order valence-corrected chi connectivity index (χ3v) is 5.00. The van der Waals surface area contributed by atoms with Crippen molar-refractivity contribution in [3.8, 4) is 0 Å². The maximum absolute atomic E-state index is 12.1. The quantitative estimate of drug-likeness (QED) is 0.892. The van der Waals surface area contributed by atoms with Crippen molar-refractivity contribution < 1.29 is 4.79 Å². The van der Waals surface area contributed by atoms with Gasteiger partial charge in [0.05, 0.1) is 21.3 Å². The number of anilines is 1. The molecule has 1 amide bonds. The van der Waals surface area contributed by atoms with Crippen LogP contribution in [0.15, 0.2) is 18.2 Å². The average Bonchev–Trinajstić information content (AvgIpc) is 2.79. The molecule has 1 aromatic heterocycles. The summed E-state index contributed by atoms with van der Waals surface area (Å²) in [4.78, 5) is 16.5. The fraction of sp³-hybridized carbons (Fsp3) is 0.385. The van der Waals surface area contributed by atoms with E-state index >= 15 is 0 Å². The normalized spacial score (nSPS) is 19.5. The van der Waals surface area contributed by atoms with Crippen LogP contribution in [-0.2, 0) is 4.79 Å². The summed E-state index contributed by atoms with van der Waals surface area (Å²) in [5, 5.41) is 7.26. The molecular weight excluding hydrogens is 278 g/mol. The van der Waals surface area contributed by atoms with Gasteiger partial charge in [-0.2, -0.15) is 11.8 Å². The third-order valence-electron chi connectivity index (χ3n) is 3.00. The Bertz CT molecular complexity index is 605. The smallest absolute Gasteiger partial charge is 0.242 e. The van der Waals surface area contributed by atoms with E-state index < -0.39 is 0 Å². The van der Waals surface area contributed by atoms with E-state index in [4.69, 9.17) is 0 Å². The number of benzene rings is 1. The number of hydrogen-bond donors (Lipinski definition) is 2. The standard InChI is InChI=1S/C13H15N3OS2/c1-8-15-10-3-2-9(6-12(10)19-8)16-13(17)11-7-18-5-4-14-11/h2-3,6,11,14H,4-5,7H2,1H3,(H,16,17). The number of aryl methyl sites for hydroxylation is 1. The van der Waals surface area contributed by atoms with Crippen LogP contribution < -0.4 is 10.6 Å². The van der Waals surface area contributed by atoms with E-state index in [0.29, 0.717) is 0 Å². The van der Waals surface area contributed by atoms with Crippen molar-refractivity contribution in [3.05, 3.63) is 23.2 Å². The summed E-state index contributed by atoms with van der Waals surface area (Å²) in [6.45, 7) is 2.89. The van der Waals surface area contributed by atoms with Gasteiger partial charge in [-0.05, 0) is 25.1 Å². The van der Waals surface area contributed by atoms with Crippen LogP contribution in [0.2, 0.25) is 0 Å². The molecule has 1 aliphatic heterocycles. The number of carbonyl (C=O) groups excluding carboxylic acids is 1. The molecule has 3 rings (SSSR count). The van der Waals surface area contributed by atoms with Gasteiger partial charge in [-0.3, -0.25) is 4.79 Å². The van der Waals surface area contributed by atoms with Gasteiger partial charge < -0.3 is 10.6 Å². The highest BCUT2D eigenvalue weighted by atomic mass is 32.2. The topological polar surface area (TPSA) is 54.0 Å².